The first kappa shape index (κ1) is 11.8. The van der Waals surface area contributed by atoms with Crippen molar-refractivity contribution in [1.82, 2.24) is 9.97 Å². The van der Waals surface area contributed by atoms with E-state index in [-0.39, 0.29) is 11.8 Å². The van der Waals surface area contributed by atoms with Crippen LogP contribution in [0, 0.1) is 0 Å². The summed E-state index contributed by atoms with van der Waals surface area (Å²) in [6.07, 6.45) is 0. The fourth-order valence-corrected chi connectivity index (χ4v) is 1.79. The summed E-state index contributed by atoms with van der Waals surface area (Å²) >= 11 is 11.6. The maximum Gasteiger partial charge on any atom is 0.256 e. The van der Waals surface area contributed by atoms with E-state index in [2.05, 4.69) is 15.3 Å². The summed E-state index contributed by atoms with van der Waals surface area (Å²) in [5.74, 6) is -0.266. The maximum atomic E-state index is 11.1. The Kier molecular flexibility index (Phi) is 3.21. The summed E-state index contributed by atoms with van der Waals surface area (Å²) in [6, 6.07) is 5.76. The average Bonchev–Trinajstić information content (AvgIpc) is 2.13. The van der Waals surface area contributed by atoms with E-state index in [1.165, 1.54) is 0 Å². The molecule has 1 heterocycles. The molecule has 0 fully saturated rings. The van der Waals surface area contributed by atoms with Gasteiger partial charge in [0.1, 0.15) is 0 Å². The van der Waals surface area contributed by atoms with Crippen molar-refractivity contribution in [2.24, 2.45) is 0 Å². The number of halogens is 2. The Morgan fingerprint density at radius 1 is 1.18 bits per heavy atom. The van der Waals surface area contributed by atoms with Crippen LogP contribution in [0.5, 0.6) is 5.88 Å². The van der Waals surface area contributed by atoms with Crippen molar-refractivity contribution in [3.8, 4) is 5.88 Å². The Hall–Kier alpha value is -1.72. The van der Waals surface area contributed by atoms with Gasteiger partial charge in [-0.05, 0) is 18.2 Å². The Balaban J connectivity index is 2.34. The van der Waals surface area contributed by atoms with Crippen molar-refractivity contribution < 1.29 is 5.11 Å². The zero-order chi connectivity index (χ0) is 12.4. The Bertz CT molecular complexity index is 592. The number of hydrogen-bond donors (Lipinski definition) is 3. The summed E-state index contributed by atoms with van der Waals surface area (Å²) in [6.45, 7) is 0. The minimum Gasteiger partial charge on any atom is -0.493 e. The van der Waals surface area contributed by atoms with E-state index in [1.54, 1.807) is 18.2 Å². The van der Waals surface area contributed by atoms with Crippen molar-refractivity contribution in [1.29, 1.82) is 0 Å². The predicted molar refractivity (Wildman–Crippen MR) is 66.3 cm³/mol. The van der Waals surface area contributed by atoms with E-state index in [0.717, 1.165) is 6.07 Å². The zero-order valence-corrected chi connectivity index (χ0v) is 9.88. The number of aromatic hydroxyl groups is 1. The number of nitrogens with zero attached hydrogens (tertiary/aromatic N) is 1. The van der Waals surface area contributed by atoms with E-state index < -0.39 is 5.56 Å². The SMILES string of the molecule is O=c1cc(O)nc(Nc2cc(Cl)cc(Cl)c2)[nH]1. The molecule has 0 saturated heterocycles. The second kappa shape index (κ2) is 4.65. The topological polar surface area (TPSA) is 78.0 Å². The highest BCUT2D eigenvalue weighted by Gasteiger charge is 2.02. The highest BCUT2D eigenvalue weighted by atomic mass is 35.5. The molecule has 5 nitrogen and oxygen atoms in total. The lowest BCUT2D eigenvalue weighted by molar-refractivity contribution is 0.452. The van der Waals surface area contributed by atoms with Gasteiger partial charge in [0.05, 0.1) is 6.07 Å². The lowest BCUT2D eigenvalue weighted by Gasteiger charge is -2.06. The molecule has 0 saturated carbocycles. The van der Waals surface area contributed by atoms with Crippen molar-refractivity contribution >= 4 is 34.8 Å². The Labute approximate surface area is 106 Å². The van der Waals surface area contributed by atoms with Crippen LogP contribution < -0.4 is 10.9 Å². The lowest BCUT2D eigenvalue weighted by atomic mass is 10.3. The van der Waals surface area contributed by atoms with Crippen molar-refractivity contribution in [2.45, 2.75) is 0 Å². The molecule has 1 aromatic heterocycles. The molecule has 0 atom stereocenters. The molecule has 17 heavy (non-hydrogen) atoms. The molecule has 2 rings (SSSR count). The van der Waals surface area contributed by atoms with Crippen LogP contribution in [0.2, 0.25) is 10.0 Å². The first-order valence-corrected chi connectivity index (χ1v) is 5.32. The third-order valence-corrected chi connectivity index (χ3v) is 2.29. The summed E-state index contributed by atoms with van der Waals surface area (Å²) in [7, 11) is 0. The fourth-order valence-electron chi connectivity index (χ4n) is 1.27. The second-order valence-electron chi connectivity index (χ2n) is 3.24. The smallest absolute Gasteiger partial charge is 0.256 e. The molecule has 88 valence electrons. The standard InChI is InChI=1S/C10H7Cl2N3O2/c11-5-1-6(12)3-7(2-5)13-10-14-8(16)4-9(17)15-10/h1-4H,(H3,13,14,15,16,17). The fraction of sp³-hybridized carbons (Fsp3) is 0. The molecule has 0 bridgehead atoms. The van der Waals surface area contributed by atoms with Gasteiger partial charge >= 0.3 is 0 Å². The van der Waals surface area contributed by atoms with E-state index in [9.17, 15) is 4.79 Å². The van der Waals surface area contributed by atoms with Crippen molar-refractivity contribution in [2.75, 3.05) is 5.32 Å². The van der Waals surface area contributed by atoms with Gasteiger partial charge in [0.25, 0.3) is 5.56 Å². The van der Waals surface area contributed by atoms with Gasteiger partial charge in [-0.1, -0.05) is 23.2 Å². The predicted octanol–water partition coefficient (Wildman–Crippen LogP) is 2.53. The number of aromatic nitrogens is 2. The number of hydrogen-bond acceptors (Lipinski definition) is 4. The van der Waals surface area contributed by atoms with Gasteiger partial charge in [0, 0.05) is 15.7 Å². The molecule has 2 aromatic rings. The van der Waals surface area contributed by atoms with Crippen LogP contribution in [0.15, 0.2) is 29.1 Å². The third kappa shape index (κ3) is 3.12. The summed E-state index contributed by atoms with van der Waals surface area (Å²) in [5.41, 5.74) is 0.0874. The number of anilines is 2. The van der Waals surface area contributed by atoms with Crippen LogP contribution in [0.4, 0.5) is 11.6 Å². The summed E-state index contributed by atoms with van der Waals surface area (Å²) in [5, 5.41) is 12.8. The molecule has 0 unspecified atom stereocenters. The van der Waals surface area contributed by atoms with Gasteiger partial charge in [0.2, 0.25) is 11.8 Å². The van der Waals surface area contributed by atoms with Gasteiger partial charge in [-0.3, -0.25) is 9.78 Å². The van der Waals surface area contributed by atoms with Crippen molar-refractivity contribution in [3.63, 3.8) is 0 Å². The molecular weight excluding hydrogens is 265 g/mol. The maximum absolute atomic E-state index is 11.1. The number of benzene rings is 1. The van der Waals surface area contributed by atoms with Gasteiger partial charge < -0.3 is 10.4 Å². The van der Waals surface area contributed by atoms with Crippen LogP contribution in [0.25, 0.3) is 0 Å². The van der Waals surface area contributed by atoms with E-state index >= 15 is 0 Å². The number of rotatable bonds is 2. The molecular formula is C10H7Cl2N3O2. The number of aromatic amines is 1. The van der Waals surface area contributed by atoms with E-state index in [0.29, 0.717) is 15.7 Å². The normalized spacial score (nSPS) is 10.2. The van der Waals surface area contributed by atoms with Gasteiger partial charge in [-0.25, -0.2) is 0 Å². The summed E-state index contributed by atoms with van der Waals surface area (Å²) in [4.78, 5) is 17.2. The average molecular weight is 272 g/mol. The largest absolute Gasteiger partial charge is 0.493 e. The number of H-pyrrole nitrogens is 1. The van der Waals surface area contributed by atoms with Gasteiger partial charge in [-0.15, -0.1) is 0 Å². The minimum atomic E-state index is -0.465. The second-order valence-corrected chi connectivity index (χ2v) is 4.11. The molecule has 0 amide bonds. The molecule has 3 N–H and O–H groups in total. The first-order chi connectivity index (χ1) is 8.02. The summed E-state index contributed by atoms with van der Waals surface area (Å²) < 4.78 is 0. The molecule has 0 radical (unpaired) electrons. The highest BCUT2D eigenvalue weighted by Crippen LogP contribution is 2.24. The lowest BCUT2D eigenvalue weighted by Crippen LogP contribution is -2.08. The third-order valence-electron chi connectivity index (χ3n) is 1.85. The van der Waals surface area contributed by atoms with Crippen LogP contribution >= 0.6 is 23.2 Å². The molecule has 0 spiro atoms. The quantitative estimate of drug-likeness (QED) is 0.785. The molecule has 0 aliphatic carbocycles. The Morgan fingerprint density at radius 2 is 1.82 bits per heavy atom. The Morgan fingerprint density at radius 3 is 2.41 bits per heavy atom. The van der Waals surface area contributed by atoms with Gasteiger partial charge in [-0.2, -0.15) is 4.98 Å². The van der Waals surface area contributed by atoms with Gasteiger partial charge in [0.15, 0.2) is 0 Å². The molecule has 0 aliphatic rings. The number of nitrogens with one attached hydrogen (secondary N) is 2. The van der Waals surface area contributed by atoms with Crippen LogP contribution in [0.1, 0.15) is 0 Å². The van der Waals surface area contributed by atoms with E-state index in [1.807, 2.05) is 0 Å². The molecule has 1 aromatic carbocycles. The van der Waals surface area contributed by atoms with Crippen LogP contribution in [-0.4, -0.2) is 15.1 Å². The van der Waals surface area contributed by atoms with Crippen LogP contribution in [0.3, 0.4) is 0 Å². The van der Waals surface area contributed by atoms with E-state index in [4.69, 9.17) is 28.3 Å². The van der Waals surface area contributed by atoms with Crippen LogP contribution in [-0.2, 0) is 0 Å². The minimum absolute atomic E-state index is 0.105. The zero-order valence-electron chi connectivity index (χ0n) is 8.37. The molecule has 0 aliphatic heterocycles. The highest BCUT2D eigenvalue weighted by molar-refractivity contribution is 6.35. The van der Waals surface area contributed by atoms with Crippen molar-refractivity contribution in [3.05, 3.63) is 44.7 Å². The monoisotopic (exact) mass is 271 g/mol. The molecule has 7 heteroatoms. The first-order valence-electron chi connectivity index (χ1n) is 4.56.